The van der Waals surface area contributed by atoms with Crippen molar-refractivity contribution in [2.45, 2.75) is 89.2 Å². The molecule has 4 rings (SSSR count). The topological polar surface area (TPSA) is 38.0 Å². The molecular formula is C18H28N2O. The van der Waals surface area contributed by atoms with Crippen molar-refractivity contribution in [2.24, 2.45) is 5.41 Å². The first-order valence-electron chi connectivity index (χ1n) is 8.66. The van der Waals surface area contributed by atoms with Gasteiger partial charge in [0.05, 0.1) is 17.8 Å². The number of aliphatic hydroxyl groups is 1. The summed E-state index contributed by atoms with van der Waals surface area (Å²) in [6.07, 6.45) is 10.3. The van der Waals surface area contributed by atoms with Gasteiger partial charge in [-0.25, -0.2) is 0 Å². The molecule has 0 amide bonds. The van der Waals surface area contributed by atoms with Gasteiger partial charge in [-0.15, -0.1) is 0 Å². The lowest BCUT2D eigenvalue weighted by molar-refractivity contribution is -0.0146. The third-order valence-corrected chi connectivity index (χ3v) is 7.15. The largest absolute Gasteiger partial charge is 0.388 e. The third kappa shape index (κ3) is 1.73. The lowest BCUT2D eigenvalue weighted by Gasteiger charge is -2.35. The van der Waals surface area contributed by atoms with E-state index in [1.165, 1.54) is 30.5 Å². The van der Waals surface area contributed by atoms with Gasteiger partial charge in [0.2, 0.25) is 0 Å². The zero-order chi connectivity index (χ0) is 14.9. The Morgan fingerprint density at radius 1 is 1.19 bits per heavy atom. The van der Waals surface area contributed by atoms with Gasteiger partial charge in [-0.05, 0) is 42.6 Å². The van der Waals surface area contributed by atoms with Gasteiger partial charge in [-0.2, -0.15) is 5.10 Å². The summed E-state index contributed by atoms with van der Waals surface area (Å²) < 4.78 is 2.06. The number of fused-ring (bicyclic) bond motifs is 5. The monoisotopic (exact) mass is 288 g/mol. The molecule has 0 aliphatic heterocycles. The summed E-state index contributed by atoms with van der Waals surface area (Å²) in [4.78, 5) is 0. The van der Waals surface area contributed by atoms with Crippen molar-refractivity contribution in [3.63, 3.8) is 0 Å². The molecule has 2 saturated carbocycles. The highest BCUT2D eigenvalue weighted by molar-refractivity contribution is 5.44. The fourth-order valence-electron chi connectivity index (χ4n) is 5.34. The molecule has 0 radical (unpaired) electrons. The van der Waals surface area contributed by atoms with Crippen LogP contribution in [0.4, 0.5) is 0 Å². The van der Waals surface area contributed by atoms with Gasteiger partial charge in [0, 0.05) is 11.6 Å². The van der Waals surface area contributed by atoms with Crippen LogP contribution in [0.25, 0.3) is 0 Å². The SMILES string of the molecule is CC1(C)[C@@H]2CC[C@@]1(C)c1nn(CC3(O)CCCCC3)cc12. The van der Waals surface area contributed by atoms with Crippen LogP contribution < -0.4 is 0 Å². The van der Waals surface area contributed by atoms with Crippen LogP contribution in [0.5, 0.6) is 0 Å². The quantitative estimate of drug-likeness (QED) is 0.900. The molecule has 0 unspecified atom stereocenters. The first kappa shape index (κ1) is 13.8. The summed E-state index contributed by atoms with van der Waals surface area (Å²) in [5.74, 6) is 0.659. The highest BCUT2D eigenvalue weighted by Crippen LogP contribution is 2.67. The molecule has 116 valence electrons. The second-order valence-electron chi connectivity index (χ2n) is 8.56. The van der Waals surface area contributed by atoms with Crippen LogP contribution in [0.2, 0.25) is 0 Å². The minimum Gasteiger partial charge on any atom is -0.388 e. The van der Waals surface area contributed by atoms with E-state index in [4.69, 9.17) is 5.10 Å². The molecule has 0 aromatic carbocycles. The summed E-state index contributed by atoms with van der Waals surface area (Å²) >= 11 is 0. The van der Waals surface area contributed by atoms with Crippen LogP contribution in [0, 0.1) is 5.41 Å². The predicted molar refractivity (Wildman–Crippen MR) is 83.4 cm³/mol. The van der Waals surface area contributed by atoms with E-state index < -0.39 is 5.60 Å². The Bertz CT molecular complexity index is 568. The molecule has 1 N–H and O–H groups in total. The summed E-state index contributed by atoms with van der Waals surface area (Å²) in [5, 5.41) is 15.7. The highest BCUT2D eigenvalue weighted by Gasteiger charge is 2.61. The normalized spacial score (nSPS) is 35.9. The van der Waals surface area contributed by atoms with E-state index in [2.05, 4.69) is 31.6 Å². The summed E-state index contributed by atoms with van der Waals surface area (Å²) in [5.41, 5.74) is 2.84. The Kier molecular flexibility index (Phi) is 2.71. The van der Waals surface area contributed by atoms with Crippen molar-refractivity contribution in [3.05, 3.63) is 17.5 Å². The van der Waals surface area contributed by atoms with Crippen LogP contribution in [-0.4, -0.2) is 20.5 Å². The van der Waals surface area contributed by atoms with Gasteiger partial charge in [0.15, 0.2) is 0 Å². The molecule has 2 fully saturated rings. The Morgan fingerprint density at radius 2 is 1.90 bits per heavy atom. The molecule has 21 heavy (non-hydrogen) atoms. The summed E-state index contributed by atoms with van der Waals surface area (Å²) in [6, 6.07) is 0. The van der Waals surface area contributed by atoms with Crippen molar-refractivity contribution in [3.8, 4) is 0 Å². The van der Waals surface area contributed by atoms with Crippen LogP contribution in [0.3, 0.4) is 0 Å². The lowest BCUT2D eigenvalue weighted by atomic mass is 9.70. The van der Waals surface area contributed by atoms with Gasteiger partial charge in [-0.1, -0.05) is 40.0 Å². The molecule has 2 bridgehead atoms. The van der Waals surface area contributed by atoms with E-state index in [-0.39, 0.29) is 5.41 Å². The number of nitrogens with zero attached hydrogens (tertiary/aromatic N) is 2. The molecule has 3 aliphatic rings. The minimum absolute atomic E-state index is 0.230. The van der Waals surface area contributed by atoms with Crippen molar-refractivity contribution < 1.29 is 5.11 Å². The highest BCUT2D eigenvalue weighted by atomic mass is 16.3. The second kappa shape index (κ2) is 4.13. The minimum atomic E-state index is -0.520. The van der Waals surface area contributed by atoms with Crippen molar-refractivity contribution in [1.29, 1.82) is 0 Å². The van der Waals surface area contributed by atoms with E-state index in [1.807, 2.05) is 0 Å². The van der Waals surface area contributed by atoms with Crippen LogP contribution >= 0.6 is 0 Å². The molecular weight excluding hydrogens is 260 g/mol. The Labute approximate surface area is 127 Å². The predicted octanol–water partition coefficient (Wildman–Crippen LogP) is 3.75. The van der Waals surface area contributed by atoms with E-state index in [0.29, 0.717) is 17.9 Å². The maximum Gasteiger partial charge on any atom is 0.0842 e. The van der Waals surface area contributed by atoms with Crippen LogP contribution in [0.15, 0.2) is 6.20 Å². The fraction of sp³-hybridized carbons (Fsp3) is 0.833. The lowest BCUT2D eigenvalue weighted by Crippen LogP contribution is -2.37. The van der Waals surface area contributed by atoms with Crippen LogP contribution in [0.1, 0.15) is 82.9 Å². The summed E-state index contributed by atoms with van der Waals surface area (Å²) in [7, 11) is 0. The van der Waals surface area contributed by atoms with Gasteiger partial charge < -0.3 is 5.11 Å². The Balaban J connectivity index is 1.64. The number of rotatable bonds is 2. The number of aromatic nitrogens is 2. The molecule has 0 saturated heterocycles. The number of hydrogen-bond donors (Lipinski definition) is 1. The Morgan fingerprint density at radius 3 is 2.57 bits per heavy atom. The average Bonchev–Trinajstić information content (AvgIpc) is 2.96. The smallest absolute Gasteiger partial charge is 0.0842 e. The maximum atomic E-state index is 10.8. The first-order valence-corrected chi connectivity index (χ1v) is 8.66. The van der Waals surface area contributed by atoms with Gasteiger partial charge >= 0.3 is 0 Å². The molecule has 1 aromatic rings. The van der Waals surface area contributed by atoms with Crippen molar-refractivity contribution >= 4 is 0 Å². The van der Waals surface area contributed by atoms with Crippen LogP contribution in [-0.2, 0) is 12.0 Å². The molecule has 1 aromatic heterocycles. The van der Waals surface area contributed by atoms with Gasteiger partial charge in [0.1, 0.15) is 0 Å². The maximum absolute atomic E-state index is 10.8. The van der Waals surface area contributed by atoms with Gasteiger partial charge in [-0.3, -0.25) is 4.68 Å². The zero-order valence-corrected chi connectivity index (χ0v) is 13.7. The molecule has 0 spiro atoms. The average molecular weight is 288 g/mol. The van der Waals surface area contributed by atoms with Crippen molar-refractivity contribution in [2.75, 3.05) is 0 Å². The zero-order valence-electron chi connectivity index (χ0n) is 13.7. The molecule has 3 nitrogen and oxygen atoms in total. The second-order valence-corrected chi connectivity index (χ2v) is 8.56. The van der Waals surface area contributed by atoms with Crippen molar-refractivity contribution in [1.82, 2.24) is 9.78 Å². The fourth-order valence-corrected chi connectivity index (χ4v) is 5.34. The van der Waals surface area contributed by atoms with E-state index in [9.17, 15) is 5.11 Å². The summed E-state index contributed by atoms with van der Waals surface area (Å²) in [6.45, 7) is 7.89. The number of hydrogen-bond acceptors (Lipinski definition) is 2. The standard InChI is InChI=1S/C18H28N2O/c1-16(2)14-7-10-17(16,3)15-13(14)11-20(19-15)12-18(21)8-5-4-6-9-18/h11,14,21H,4-10,12H2,1-3H3/t14-,17+/m1/s1. The van der Waals surface area contributed by atoms with E-state index in [1.54, 1.807) is 0 Å². The molecule has 2 atom stereocenters. The molecule has 3 aliphatic carbocycles. The Hall–Kier alpha value is -0.830. The van der Waals surface area contributed by atoms with E-state index in [0.717, 1.165) is 25.7 Å². The third-order valence-electron chi connectivity index (χ3n) is 7.15. The molecule has 1 heterocycles. The molecule has 3 heteroatoms. The first-order chi connectivity index (χ1) is 9.86. The van der Waals surface area contributed by atoms with Gasteiger partial charge in [0.25, 0.3) is 0 Å². The van der Waals surface area contributed by atoms with E-state index >= 15 is 0 Å².